The number of phenolic OH excluding ortho intramolecular Hbond substituents is 1. The molecule has 3 rings (SSSR count). The van der Waals surface area contributed by atoms with Crippen LogP contribution in [0.25, 0.3) is 10.8 Å². The maximum Gasteiger partial charge on any atom is 0.240 e. The SMILES string of the molecule is Nc1c(S(N)(=O)=O)cc2cc(S(N)(=O)=O)cc(O)c2c1C(=O)c1ccccc1. The molecule has 0 bridgehead atoms. The lowest BCUT2D eigenvalue weighted by molar-refractivity contribution is 0.104. The highest BCUT2D eigenvalue weighted by Gasteiger charge is 2.26. The quantitative estimate of drug-likeness (QED) is 0.352. The van der Waals surface area contributed by atoms with Crippen LogP contribution in [0.1, 0.15) is 15.9 Å². The molecular formula is C17H15N3O6S2. The van der Waals surface area contributed by atoms with Gasteiger partial charge in [-0.2, -0.15) is 0 Å². The summed E-state index contributed by atoms with van der Waals surface area (Å²) >= 11 is 0. The fraction of sp³-hybridized carbons (Fsp3) is 0. The van der Waals surface area contributed by atoms with Crippen molar-refractivity contribution in [2.24, 2.45) is 10.3 Å². The Morgan fingerprint density at radius 3 is 2.04 bits per heavy atom. The number of hydrogen-bond donors (Lipinski definition) is 4. The van der Waals surface area contributed by atoms with Gasteiger partial charge in [0, 0.05) is 17.0 Å². The van der Waals surface area contributed by atoms with E-state index in [9.17, 15) is 26.7 Å². The van der Waals surface area contributed by atoms with E-state index in [-0.39, 0.29) is 21.9 Å². The third-order valence-corrected chi connectivity index (χ3v) is 5.93. The number of rotatable bonds is 4. The molecule has 0 saturated heterocycles. The van der Waals surface area contributed by atoms with Crippen LogP contribution in [-0.2, 0) is 20.0 Å². The first-order valence-corrected chi connectivity index (χ1v) is 10.7. The number of sulfonamides is 2. The zero-order chi connectivity index (χ0) is 20.9. The van der Waals surface area contributed by atoms with Crippen LogP contribution in [-0.4, -0.2) is 27.7 Å². The molecule has 0 atom stereocenters. The average molecular weight is 421 g/mol. The van der Waals surface area contributed by atoms with Gasteiger partial charge in [-0.05, 0) is 17.5 Å². The highest BCUT2D eigenvalue weighted by Crippen LogP contribution is 2.38. The summed E-state index contributed by atoms with van der Waals surface area (Å²) < 4.78 is 47.2. The summed E-state index contributed by atoms with van der Waals surface area (Å²) in [5.41, 5.74) is 5.34. The van der Waals surface area contributed by atoms with E-state index < -0.39 is 47.1 Å². The summed E-state index contributed by atoms with van der Waals surface area (Å²) in [4.78, 5) is 12.0. The molecule has 28 heavy (non-hydrogen) atoms. The summed E-state index contributed by atoms with van der Waals surface area (Å²) in [6.45, 7) is 0. The highest BCUT2D eigenvalue weighted by molar-refractivity contribution is 7.89. The molecule has 0 radical (unpaired) electrons. The minimum absolute atomic E-state index is 0.0819. The van der Waals surface area contributed by atoms with Gasteiger partial charge in [-0.3, -0.25) is 4.79 Å². The molecule has 0 fully saturated rings. The summed E-state index contributed by atoms with van der Waals surface area (Å²) in [6.07, 6.45) is 0. The first-order chi connectivity index (χ1) is 12.9. The van der Waals surface area contributed by atoms with Crippen molar-refractivity contribution < 1.29 is 26.7 Å². The number of carbonyl (C=O) groups excluding carboxylic acids is 1. The first-order valence-electron chi connectivity index (χ1n) is 7.66. The largest absolute Gasteiger partial charge is 0.507 e. The van der Waals surface area contributed by atoms with Gasteiger partial charge >= 0.3 is 0 Å². The molecule has 11 heteroatoms. The molecule has 0 saturated carbocycles. The van der Waals surface area contributed by atoms with E-state index in [2.05, 4.69) is 0 Å². The number of nitrogen functional groups attached to an aromatic ring is 1. The lowest BCUT2D eigenvalue weighted by atomic mass is 9.95. The molecule has 7 N–H and O–H groups in total. The van der Waals surface area contributed by atoms with E-state index in [4.69, 9.17) is 16.0 Å². The van der Waals surface area contributed by atoms with E-state index in [1.807, 2.05) is 0 Å². The Labute approximate surface area is 160 Å². The Balaban J connectivity index is 2.51. The molecular weight excluding hydrogens is 406 g/mol. The smallest absolute Gasteiger partial charge is 0.240 e. The molecule has 0 aliphatic rings. The molecule has 3 aromatic carbocycles. The number of fused-ring (bicyclic) bond motifs is 1. The number of carbonyl (C=O) groups is 1. The Hall–Kier alpha value is -2.99. The lowest BCUT2D eigenvalue weighted by Crippen LogP contribution is -2.18. The van der Waals surface area contributed by atoms with Crippen LogP contribution >= 0.6 is 0 Å². The average Bonchev–Trinajstić information content (AvgIpc) is 2.60. The molecule has 9 nitrogen and oxygen atoms in total. The Kier molecular flexibility index (Phi) is 4.63. The standard InChI is InChI=1S/C17H15N3O6S2/c18-16-13(28(20,25)26)7-10-6-11(27(19,23)24)8-12(21)14(10)15(16)17(22)9-4-2-1-3-5-9/h1-8,21H,18H2,(H2,19,23,24)(H2,20,25,26). The maximum absolute atomic E-state index is 13.0. The predicted molar refractivity (Wildman–Crippen MR) is 103 cm³/mol. The zero-order valence-corrected chi connectivity index (χ0v) is 15.8. The van der Waals surface area contributed by atoms with Gasteiger partial charge in [-0.25, -0.2) is 27.1 Å². The lowest BCUT2D eigenvalue weighted by Gasteiger charge is -2.15. The van der Waals surface area contributed by atoms with Gasteiger partial charge in [0.05, 0.1) is 16.1 Å². The van der Waals surface area contributed by atoms with Crippen LogP contribution in [0.4, 0.5) is 5.69 Å². The van der Waals surface area contributed by atoms with Crippen molar-refractivity contribution in [1.82, 2.24) is 0 Å². The van der Waals surface area contributed by atoms with Crippen molar-refractivity contribution in [3.8, 4) is 5.75 Å². The topological polar surface area (TPSA) is 184 Å². The summed E-state index contributed by atoms with van der Waals surface area (Å²) in [7, 11) is -8.58. The Bertz CT molecular complexity index is 1330. The summed E-state index contributed by atoms with van der Waals surface area (Å²) in [6, 6.07) is 10.7. The fourth-order valence-electron chi connectivity index (χ4n) is 2.85. The number of ketones is 1. The molecule has 146 valence electrons. The Morgan fingerprint density at radius 1 is 0.893 bits per heavy atom. The van der Waals surface area contributed by atoms with Gasteiger partial charge in [0.2, 0.25) is 20.0 Å². The third-order valence-electron chi connectivity index (χ3n) is 4.09. The molecule has 0 heterocycles. The first kappa shape index (κ1) is 19.8. The van der Waals surface area contributed by atoms with E-state index >= 15 is 0 Å². The number of primary sulfonamides is 2. The number of benzene rings is 3. The minimum Gasteiger partial charge on any atom is -0.507 e. The van der Waals surface area contributed by atoms with Crippen LogP contribution in [0.2, 0.25) is 0 Å². The summed E-state index contributed by atoms with van der Waals surface area (Å²) in [5.74, 6) is -1.28. The monoisotopic (exact) mass is 421 g/mol. The van der Waals surface area contributed by atoms with Crippen molar-refractivity contribution in [1.29, 1.82) is 0 Å². The number of aromatic hydroxyl groups is 1. The highest BCUT2D eigenvalue weighted by atomic mass is 32.2. The van der Waals surface area contributed by atoms with Gasteiger partial charge in [-0.15, -0.1) is 0 Å². The third kappa shape index (κ3) is 3.43. The van der Waals surface area contributed by atoms with E-state index in [0.29, 0.717) is 0 Å². The molecule has 0 aliphatic heterocycles. The van der Waals surface area contributed by atoms with Gasteiger partial charge in [0.25, 0.3) is 0 Å². The summed E-state index contributed by atoms with van der Waals surface area (Å²) in [5, 5.41) is 20.5. The second-order valence-electron chi connectivity index (χ2n) is 5.99. The molecule has 0 unspecified atom stereocenters. The molecule has 0 amide bonds. The molecule has 0 aromatic heterocycles. The normalized spacial score (nSPS) is 12.2. The van der Waals surface area contributed by atoms with Crippen molar-refractivity contribution in [2.45, 2.75) is 9.79 Å². The predicted octanol–water partition coefficient (Wildman–Crippen LogP) is 0.653. The number of phenols is 1. The van der Waals surface area contributed by atoms with Crippen LogP contribution in [0.5, 0.6) is 5.75 Å². The van der Waals surface area contributed by atoms with Gasteiger partial charge in [-0.1, -0.05) is 30.3 Å². The van der Waals surface area contributed by atoms with Crippen LogP contribution < -0.4 is 16.0 Å². The Morgan fingerprint density at radius 2 is 1.50 bits per heavy atom. The fourth-order valence-corrected chi connectivity index (χ4v) is 4.12. The van der Waals surface area contributed by atoms with E-state index in [1.54, 1.807) is 18.2 Å². The van der Waals surface area contributed by atoms with Crippen LogP contribution in [0.15, 0.2) is 58.3 Å². The van der Waals surface area contributed by atoms with Gasteiger partial charge < -0.3 is 10.8 Å². The zero-order valence-electron chi connectivity index (χ0n) is 14.2. The maximum atomic E-state index is 13.0. The minimum atomic E-state index is -4.36. The molecule has 3 aromatic rings. The molecule has 0 spiro atoms. The van der Waals surface area contributed by atoms with Crippen molar-refractivity contribution in [2.75, 3.05) is 5.73 Å². The number of anilines is 1. The van der Waals surface area contributed by atoms with Crippen molar-refractivity contribution in [3.63, 3.8) is 0 Å². The van der Waals surface area contributed by atoms with Gasteiger partial charge in [0.15, 0.2) is 5.78 Å². The van der Waals surface area contributed by atoms with Crippen LogP contribution in [0, 0.1) is 0 Å². The van der Waals surface area contributed by atoms with E-state index in [0.717, 1.165) is 18.2 Å². The van der Waals surface area contributed by atoms with Gasteiger partial charge in [0.1, 0.15) is 10.6 Å². The second kappa shape index (κ2) is 6.56. The number of nitrogens with two attached hydrogens (primary N) is 3. The van der Waals surface area contributed by atoms with Crippen LogP contribution in [0.3, 0.4) is 0 Å². The molecule has 0 aliphatic carbocycles. The second-order valence-corrected chi connectivity index (χ2v) is 9.08. The van der Waals surface area contributed by atoms with E-state index in [1.165, 1.54) is 12.1 Å². The number of hydrogen-bond acceptors (Lipinski definition) is 7. The van der Waals surface area contributed by atoms with Crippen molar-refractivity contribution >= 4 is 42.3 Å². The van der Waals surface area contributed by atoms with Crippen molar-refractivity contribution in [3.05, 3.63) is 59.7 Å².